The van der Waals surface area contributed by atoms with Crippen LogP contribution < -0.4 is 4.74 Å². The molecule has 1 aromatic heterocycles. The van der Waals surface area contributed by atoms with Crippen molar-refractivity contribution in [3.63, 3.8) is 0 Å². The quantitative estimate of drug-likeness (QED) is 0.874. The molecular formula is C17H20FN3O2. The Morgan fingerprint density at radius 3 is 2.78 bits per heavy atom. The van der Waals surface area contributed by atoms with E-state index in [9.17, 15) is 9.18 Å². The molecule has 23 heavy (non-hydrogen) atoms. The number of nitrogens with zero attached hydrogens (tertiary/aromatic N) is 3. The van der Waals surface area contributed by atoms with Gasteiger partial charge in [-0.25, -0.2) is 9.37 Å². The number of likely N-dealkylation sites (tertiary alicyclic amines) is 1. The van der Waals surface area contributed by atoms with Crippen molar-refractivity contribution in [2.45, 2.75) is 26.3 Å². The molecule has 1 atom stereocenters. The topological polar surface area (TPSA) is 47.4 Å². The van der Waals surface area contributed by atoms with Crippen LogP contribution in [0.3, 0.4) is 0 Å². The van der Waals surface area contributed by atoms with Crippen LogP contribution in [0, 0.1) is 19.7 Å². The number of methoxy groups -OCH3 is 1. The van der Waals surface area contributed by atoms with Crippen LogP contribution in [0.4, 0.5) is 4.39 Å². The first kappa shape index (κ1) is 15.5. The first-order valence-corrected chi connectivity index (χ1v) is 7.64. The molecule has 6 heteroatoms. The summed E-state index contributed by atoms with van der Waals surface area (Å²) < 4.78 is 20.9. The zero-order valence-corrected chi connectivity index (χ0v) is 13.5. The Kier molecular flexibility index (Phi) is 4.07. The highest BCUT2D eigenvalue weighted by Crippen LogP contribution is 2.26. The van der Waals surface area contributed by atoms with E-state index in [4.69, 9.17) is 4.74 Å². The van der Waals surface area contributed by atoms with Crippen LogP contribution in [0.15, 0.2) is 24.4 Å². The van der Waals surface area contributed by atoms with Gasteiger partial charge in [0.25, 0.3) is 5.91 Å². The molecule has 0 spiro atoms. The van der Waals surface area contributed by atoms with Gasteiger partial charge in [0.2, 0.25) is 0 Å². The number of carbonyl (C=O) groups is 1. The first-order chi connectivity index (χ1) is 11.0. The Morgan fingerprint density at radius 2 is 2.17 bits per heavy atom. The van der Waals surface area contributed by atoms with Gasteiger partial charge in [-0.15, -0.1) is 0 Å². The standard InChI is InChI=1S/C17H20FN3O2/c1-11-9-19-12(2)21(11)14-6-7-20(10-14)17(22)13-4-5-16(23-3)15(18)8-13/h4-5,8-9,14H,6-7,10H2,1-3H3. The molecule has 2 aromatic rings. The minimum Gasteiger partial charge on any atom is -0.494 e. The van der Waals surface area contributed by atoms with Crippen LogP contribution >= 0.6 is 0 Å². The minimum absolute atomic E-state index is 0.144. The lowest BCUT2D eigenvalue weighted by Gasteiger charge is -2.19. The van der Waals surface area contributed by atoms with E-state index in [1.807, 2.05) is 20.0 Å². The number of hydrogen-bond donors (Lipinski definition) is 0. The number of imidazole rings is 1. The van der Waals surface area contributed by atoms with E-state index in [0.29, 0.717) is 18.7 Å². The summed E-state index contributed by atoms with van der Waals surface area (Å²) in [6.07, 6.45) is 2.72. The molecule has 1 aliphatic heterocycles. The third kappa shape index (κ3) is 2.81. The number of hydrogen-bond acceptors (Lipinski definition) is 3. The highest BCUT2D eigenvalue weighted by atomic mass is 19.1. The number of aryl methyl sites for hydroxylation is 2. The fourth-order valence-electron chi connectivity index (χ4n) is 3.24. The molecule has 1 amide bonds. The third-order valence-corrected chi connectivity index (χ3v) is 4.38. The molecule has 3 rings (SSSR count). The number of aromatic nitrogens is 2. The van der Waals surface area contributed by atoms with Gasteiger partial charge in [0.1, 0.15) is 5.82 Å². The summed E-state index contributed by atoms with van der Waals surface area (Å²) in [5, 5.41) is 0. The van der Waals surface area contributed by atoms with Gasteiger partial charge in [-0.2, -0.15) is 0 Å². The number of benzene rings is 1. The Morgan fingerprint density at radius 1 is 1.39 bits per heavy atom. The van der Waals surface area contributed by atoms with Gasteiger partial charge in [-0.1, -0.05) is 0 Å². The molecule has 1 aliphatic rings. The Hall–Kier alpha value is -2.37. The molecule has 2 heterocycles. The zero-order valence-electron chi connectivity index (χ0n) is 13.5. The van der Waals surface area contributed by atoms with Crippen molar-refractivity contribution in [2.24, 2.45) is 0 Å². The molecule has 122 valence electrons. The van der Waals surface area contributed by atoms with E-state index in [-0.39, 0.29) is 17.7 Å². The first-order valence-electron chi connectivity index (χ1n) is 7.64. The molecule has 0 saturated carbocycles. The number of ether oxygens (including phenoxy) is 1. The van der Waals surface area contributed by atoms with E-state index >= 15 is 0 Å². The predicted molar refractivity (Wildman–Crippen MR) is 84.2 cm³/mol. The summed E-state index contributed by atoms with van der Waals surface area (Å²) >= 11 is 0. The highest BCUT2D eigenvalue weighted by molar-refractivity contribution is 5.94. The molecular weight excluding hydrogens is 297 g/mol. The number of amides is 1. The molecule has 0 radical (unpaired) electrons. The average Bonchev–Trinajstić information content (AvgIpc) is 3.13. The second-order valence-electron chi connectivity index (χ2n) is 5.86. The van der Waals surface area contributed by atoms with Gasteiger partial charge in [0, 0.05) is 30.5 Å². The van der Waals surface area contributed by atoms with Gasteiger partial charge in [0.05, 0.1) is 13.2 Å². The summed E-state index contributed by atoms with van der Waals surface area (Å²) in [6, 6.07) is 4.55. The molecule has 0 N–H and O–H groups in total. The normalized spacial score (nSPS) is 17.6. The van der Waals surface area contributed by atoms with Crippen molar-refractivity contribution in [3.05, 3.63) is 47.3 Å². The maximum atomic E-state index is 13.8. The van der Waals surface area contributed by atoms with Crippen molar-refractivity contribution < 1.29 is 13.9 Å². The van der Waals surface area contributed by atoms with Crippen molar-refractivity contribution >= 4 is 5.91 Å². The Balaban J connectivity index is 1.76. The second-order valence-corrected chi connectivity index (χ2v) is 5.86. The second kappa shape index (κ2) is 6.02. The largest absolute Gasteiger partial charge is 0.494 e. The van der Waals surface area contributed by atoms with Crippen LogP contribution in [0.5, 0.6) is 5.75 Å². The molecule has 1 aromatic carbocycles. The lowest BCUT2D eigenvalue weighted by molar-refractivity contribution is 0.0787. The fourth-order valence-corrected chi connectivity index (χ4v) is 3.24. The summed E-state index contributed by atoms with van der Waals surface area (Å²) in [5.41, 5.74) is 1.44. The third-order valence-electron chi connectivity index (χ3n) is 4.38. The van der Waals surface area contributed by atoms with E-state index in [2.05, 4.69) is 9.55 Å². The minimum atomic E-state index is -0.518. The lowest BCUT2D eigenvalue weighted by Crippen LogP contribution is -2.29. The van der Waals surface area contributed by atoms with Gasteiger partial charge < -0.3 is 14.2 Å². The van der Waals surface area contributed by atoms with Crippen molar-refractivity contribution in [2.75, 3.05) is 20.2 Å². The van der Waals surface area contributed by atoms with Crippen molar-refractivity contribution in [1.29, 1.82) is 0 Å². The van der Waals surface area contributed by atoms with E-state index in [0.717, 1.165) is 17.9 Å². The van der Waals surface area contributed by atoms with Crippen molar-refractivity contribution in [1.82, 2.24) is 14.5 Å². The lowest BCUT2D eigenvalue weighted by atomic mass is 10.2. The van der Waals surface area contributed by atoms with Crippen LogP contribution in [0.25, 0.3) is 0 Å². The van der Waals surface area contributed by atoms with Crippen LogP contribution in [-0.2, 0) is 0 Å². The van der Waals surface area contributed by atoms with E-state index in [1.54, 1.807) is 11.0 Å². The SMILES string of the molecule is COc1ccc(C(=O)N2CCC(n3c(C)cnc3C)C2)cc1F. The monoisotopic (exact) mass is 317 g/mol. The highest BCUT2D eigenvalue weighted by Gasteiger charge is 2.29. The van der Waals surface area contributed by atoms with Crippen LogP contribution in [0.2, 0.25) is 0 Å². The van der Waals surface area contributed by atoms with Gasteiger partial charge in [-0.3, -0.25) is 4.79 Å². The van der Waals surface area contributed by atoms with E-state index < -0.39 is 5.82 Å². The van der Waals surface area contributed by atoms with Crippen LogP contribution in [-0.4, -0.2) is 40.6 Å². The van der Waals surface area contributed by atoms with E-state index in [1.165, 1.54) is 19.2 Å². The average molecular weight is 317 g/mol. The molecule has 1 saturated heterocycles. The summed E-state index contributed by atoms with van der Waals surface area (Å²) in [7, 11) is 1.40. The van der Waals surface area contributed by atoms with Crippen molar-refractivity contribution in [3.8, 4) is 5.75 Å². The Bertz CT molecular complexity index is 722. The maximum absolute atomic E-state index is 13.8. The predicted octanol–water partition coefficient (Wildman–Crippen LogP) is 2.73. The number of carbonyl (C=O) groups excluding carboxylic acids is 1. The summed E-state index contributed by atoms with van der Waals surface area (Å²) in [6.45, 7) is 5.26. The molecule has 0 bridgehead atoms. The Labute approximate surface area is 134 Å². The smallest absolute Gasteiger partial charge is 0.254 e. The maximum Gasteiger partial charge on any atom is 0.254 e. The summed E-state index contributed by atoms with van der Waals surface area (Å²) in [5.74, 6) is 0.433. The molecule has 0 aliphatic carbocycles. The van der Waals surface area contributed by atoms with Gasteiger partial charge in [0.15, 0.2) is 11.6 Å². The molecule has 1 unspecified atom stereocenters. The number of halogens is 1. The number of rotatable bonds is 3. The zero-order chi connectivity index (χ0) is 16.6. The molecule has 1 fully saturated rings. The fraction of sp³-hybridized carbons (Fsp3) is 0.412. The van der Waals surface area contributed by atoms with Gasteiger partial charge in [-0.05, 0) is 38.5 Å². The summed E-state index contributed by atoms with van der Waals surface area (Å²) in [4.78, 5) is 18.7. The van der Waals surface area contributed by atoms with Crippen LogP contribution in [0.1, 0.15) is 34.3 Å². The van der Waals surface area contributed by atoms with Gasteiger partial charge >= 0.3 is 0 Å². The molecule has 5 nitrogen and oxygen atoms in total.